The van der Waals surface area contributed by atoms with Gasteiger partial charge in [-0.25, -0.2) is 4.39 Å². The van der Waals surface area contributed by atoms with Crippen LogP contribution in [-0.2, 0) is 6.42 Å². The number of ether oxygens (including phenoxy) is 1. The van der Waals surface area contributed by atoms with Gasteiger partial charge in [-0.15, -0.1) is 10.2 Å². The van der Waals surface area contributed by atoms with Crippen molar-refractivity contribution in [2.45, 2.75) is 38.0 Å². The Bertz CT molecular complexity index is 1220. The van der Waals surface area contributed by atoms with Crippen LogP contribution in [0.3, 0.4) is 0 Å². The van der Waals surface area contributed by atoms with Crippen molar-refractivity contribution in [1.82, 2.24) is 15.5 Å². The maximum atomic E-state index is 13.9. The number of halogens is 1. The van der Waals surface area contributed by atoms with E-state index in [1.807, 2.05) is 6.07 Å². The zero-order valence-electron chi connectivity index (χ0n) is 18.4. The van der Waals surface area contributed by atoms with Crippen LogP contribution >= 0.6 is 0 Å². The fraction of sp³-hybridized carbons (Fsp3) is 0.360. The SMILES string of the molecule is CC1NCCc2cc(OC3CC4CNc5nnc(-c6cccc(F)c6O)cc5N4C3)ccc21. The van der Waals surface area contributed by atoms with Gasteiger partial charge in [0.1, 0.15) is 11.9 Å². The van der Waals surface area contributed by atoms with E-state index < -0.39 is 11.6 Å². The molecule has 3 aromatic rings. The van der Waals surface area contributed by atoms with Gasteiger partial charge in [0.15, 0.2) is 17.4 Å². The van der Waals surface area contributed by atoms with E-state index in [-0.39, 0.29) is 12.1 Å². The molecule has 1 saturated heterocycles. The van der Waals surface area contributed by atoms with Crippen LogP contribution in [0.25, 0.3) is 11.3 Å². The Hall–Kier alpha value is -3.39. The van der Waals surface area contributed by atoms with Gasteiger partial charge < -0.3 is 25.4 Å². The number of anilines is 2. The monoisotopic (exact) mass is 447 g/mol. The molecule has 8 heteroatoms. The normalized spacial score (nSPS) is 23.3. The predicted molar refractivity (Wildman–Crippen MR) is 124 cm³/mol. The van der Waals surface area contributed by atoms with Crippen LogP contribution in [-0.4, -0.2) is 47.1 Å². The van der Waals surface area contributed by atoms with Crippen LogP contribution in [0.1, 0.15) is 30.5 Å². The average Bonchev–Trinajstić information content (AvgIpc) is 3.24. The molecule has 33 heavy (non-hydrogen) atoms. The molecule has 3 atom stereocenters. The third-order valence-electron chi connectivity index (χ3n) is 6.96. The molecule has 3 aliphatic rings. The lowest BCUT2D eigenvalue weighted by Crippen LogP contribution is -2.40. The lowest BCUT2D eigenvalue weighted by Gasteiger charge is -2.33. The Kier molecular flexibility index (Phi) is 4.83. The quantitative estimate of drug-likeness (QED) is 0.565. The summed E-state index contributed by atoms with van der Waals surface area (Å²) in [6.07, 6.45) is 1.96. The van der Waals surface area contributed by atoms with Crippen molar-refractivity contribution in [2.24, 2.45) is 0 Å². The highest BCUT2D eigenvalue weighted by atomic mass is 19.1. The van der Waals surface area contributed by atoms with E-state index in [9.17, 15) is 9.50 Å². The molecular weight excluding hydrogens is 421 g/mol. The fourth-order valence-corrected chi connectivity index (χ4v) is 5.26. The first-order chi connectivity index (χ1) is 16.1. The number of phenolic OH excluding ortho intramolecular Hbond substituents is 1. The maximum absolute atomic E-state index is 13.9. The lowest BCUT2D eigenvalue weighted by molar-refractivity contribution is 0.221. The number of para-hydroxylation sites is 1. The predicted octanol–water partition coefficient (Wildman–Crippen LogP) is 3.65. The molecule has 3 unspecified atom stereocenters. The highest BCUT2D eigenvalue weighted by Gasteiger charge is 2.38. The van der Waals surface area contributed by atoms with Crippen molar-refractivity contribution < 1.29 is 14.2 Å². The second kappa shape index (κ2) is 7.88. The summed E-state index contributed by atoms with van der Waals surface area (Å²) in [5, 5.41) is 25.5. The second-order valence-electron chi connectivity index (χ2n) is 9.05. The summed E-state index contributed by atoms with van der Waals surface area (Å²) < 4.78 is 20.3. The van der Waals surface area contributed by atoms with Crippen molar-refractivity contribution in [3.63, 3.8) is 0 Å². The number of hydrogen-bond donors (Lipinski definition) is 3. The minimum absolute atomic E-state index is 0.0547. The van der Waals surface area contributed by atoms with Gasteiger partial charge in [-0.05, 0) is 61.3 Å². The Morgan fingerprint density at radius 3 is 3.00 bits per heavy atom. The Morgan fingerprint density at radius 2 is 2.09 bits per heavy atom. The Morgan fingerprint density at radius 1 is 1.18 bits per heavy atom. The first-order valence-electron chi connectivity index (χ1n) is 11.5. The van der Waals surface area contributed by atoms with Crippen LogP contribution in [0.4, 0.5) is 15.9 Å². The molecule has 0 bridgehead atoms. The van der Waals surface area contributed by atoms with Crippen LogP contribution < -0.4 is 20.3 Å². The molecule has 4 heterocycles. The summed E-state index contributed by atoms with van der Waals surface area (Å²) in [5.74, 6) is 0.528. The highest BCUT2D eigenvalue weighted by molar-refractivity contribution is 5.76. The van der Waals surface area contributed by atoms with Crippen molar-refractivity contribution in [2.75, 3.05) is 29.9 Å². The number of fused-ring (bicyclic) bond motifs is 4. The van der Waals surface area contributed by atoms with E-state index in [1.54, 1.807) is 12.1 Å². The third kappa shape index (κ3) is 3.54. The fourth-order valence-electron chi connectivity index (χ4n) is 5.26. The molecule has 7 nitrogen and oxygen atoms in total. The molecule has 6 rings (SSSR count). The molecule has 0 spiro atoms. The van der Waals surface area contributed by atoms with Gasteiger partial charge >= 0.3 is 0 Å². The Labute approximate surface area is 191 Å². The molecule has 0 radical (unpaired) electrons. The number of aromatic nitrogens is 2. The second-order valence-corrected chi connectivity index (χ2v) is 9.05. The van der Waals surface area contributed by atoms with Crippen molar-refractivity contribution >= 4 is 11.5 Å². The number of nitrogens with one attached hydrogen (secondary N) is 2. The van der Waals surface area contributed by atoms with Crippen molar-refractivity contribution in [3.8, 4) is 22.8 Å². The number of nitrogens with zero attached hydrogens (tertiary/aromatic N) is 3. The summed E-state index contributed by atoms with van der Waals surface area (Å²) in [6.45, 7) is 4.68. The van der Waals surface area contributed by atoms with Gasteiger partial charge in [0, 0.05) is 24.6 Å². The molecule has 3 aliphatic heterocycles. The van der Waals surface area contributed by atoms with Crippen LogP contribution in [0, 0.1) is 5.82 Å². The van der Waals surface area contributed by atoms with Crippen LogP contribution in [0.2, 0.25) is 0 Å². The largest absolute Gasteiger partial charge is 0.504 e. The van der Waals surface area contributed by atoms with E-state index in [1.165, 1.54) is 17.2 Å². The van der Waals surface area contributed by atoms with E-state index in [0.29, 0.717) is 23.1 Å². The minimum Gasteiger partial charge on any atom is -0.504 e. The molecule has 1 fully saturated rings. The van der Waals surface area contributed by atoms with Crippen LogP contribution in [0.5, 0.6) is 11.5 Å². The van der Waals surface area contributed by atoms with Gasteiger partial charge in [-0.1, -0.05) is 12.1 Å². The molecule has 170 valence electrons. The number of rotatable bonds is 3. The number of aromatic hydroxyl groups is 1. The molecule has 0 aliphatic carbocycles. The van der Waals surface area contributed by atoms with Crippen molar-refractivity contribution in [1.29, 1.82) is 0 Å². The van der Waals surface area contributed by atoms with Gasteiger partial charge in [0.2, 0.25) is 0 Å². The molecule has 1 aromatic heterocycles. The summed E-state index contributed by atoms with van der Waals surface area (Å²) >= 11 is 0. The maximum Gasteiger partial charge on any atom is 0.172 e. The summed E-state index contributed by atoms with van der Waals surface area (Å²) in [7, 11) is 0. The van der Waals surface area contributed by atoms with E-state index in [0.717, 1.165) is 43.9 Å². The summed E-state index contributed by atoms with van der Waals surface area (Å²) in [6, 6.07) is 13.4. The first kappa shape index (κ1) is 20.2. The molecule has 3 N–H and O–H groups in total. The third-order valence-corrected chi connectivity index (χ3v) is 6.96. The van der Waals surface area contributed by atoms with Crippen LogP contribution in [0.15, 0.2) is 42.5 Å². The molecule has 0 saturated carbocycles. The first-order valence-corrected chi connectivity index (χ1v) is 11.5. The summed E-state index contributed by atoms with van der Waals surface area (Å²) in [4.78, 5) is 2.29. The number of phenols is 1. The van der Waals surface area contributed by atoms with E-state index in [4.69, 9.17) is 4.74 Å². The molecule has 0 amide bonds. The van der Waals surface area contributed by atoms with Gasteiger partial charge in [-0.2, -0.15) is 0 Å². The van der Waals surface area contributed by atoms with Gasteiger partial charge in [0.25, 0.3) is 0 Å². The zero-order valence-corrected chi connectivity index (χ0v) is 18.4. The zero-order chi connectivity index (χ0) is 22.5. The standard InChI is InChI=1S/C25H26FN5O2/c1-14-19-6-5-17(9-15(19)7-8-27-14)33-18-10-16-12-28-25-23(31(16)13-18)11-22(29-30-25)20-3-2-4-21(26)24(20)32/h2-6,9,11,14,16,18,27,32H,7-8,10,12-13H2,1H3,(H,28,30). The molecule has 2 aromatic carbocycles. The van der Waals surface area contributed by atoms with E-state index >= 15 is 0 Å². The van der Waals surface area contributed by atoms with Gasteiger partial charge in [-0.3, -0.25) is 0 Å². The number of benzene rings is 2. The number of hydrogen-bond acceptors (Lipinski definition) is 7. The minimum atomic E-state index is -0.673. The average molecular weight is 448 g/mol. The Balaban J connectivity index is 1.24. The topological polar surface area (TPSA) is 82.5 Å². The molecular formula is C25H26FN5O2. The van der Waals surface area contributed by atoms with Gasteiger partial charge in [0.05, 0.1) is 24.0 Å². The summed E-state index contributed by atoms with van der Waals surface area (Å²) in [5.41, 5.74) is 4.38. The lowest BCUT2D eigenvalue weighted by atomic mass is 9.95. The van der Waals surface area contributed by atoms with E-state index in [2.05, 4.69) is 50.9 Å². The smallest absolute Gasteiger partial charge is 0.172 e. The van der Waals surface area contributed by atoms with Crippen molar-refractivity contribution in [3.05, 3.63) is 59.4 Å². The highest BCUT2D eigenvalue weighted by Crippen LogP contribution is 2.39.